The van der Waals surface area contributed by atoms with Gasteiger partial charge in [0.25, 0.3) is 0 Å². The molecule has 0 bridgehead atoms. The van der Waals surface area contributed by atoms with E-state index in [2.05, 4.69) is 28.4 Å². The zero-order valence-corrected chi connectivity index (χ0v) is 10.7. The Labute approximate surface area is 102 Å². The quantitative estimate of drug-likeness (QED) is 0.792. The predicted molar refractivity (Wildman–Crippen MR) is 68.4 cm³/mol. The highest BCUT2D eigenvalue weighted by atomic mass is 15.3. The lowest BCUT2D eigenvalue weighted by Gasteiger charge is -2.23. The Morgan fingerprint density at radius 2 is 1.88 bits per heavy atom. The molecule has 0 saturated carbocycles. The van der Waals surface area contributed by atoms with Crippen molar-refractivity contribution in [2.45, 2.75) is 52.4 Å². The van der Waals surface area contributed by atoms with Gasteiger partial charge in [-0.25, -0.2) is 9.50 Å². The minimum atomic E-state index is 1.05. The molecule has 0 saturated heterocycles. The van der Waals surface area contributed by atoms with Gasteiger partial charge in [0.05, 0.1) is 0 Å². The molecule has 0 spiro atoms. The van der Waals surface area contributed by atoms with E-state index in [1.54, 1.807) is 17.5 Å². The van der Waals surface area contributed by atoms with Gasteiger partial charge in [-0.05, 0) is 49.7 Å². The second-order valence-electron chi connectivity index (χ2n) is 4.79. The van der Waals surface area contributed by atoms with Crippen molar-refractivity contribution in [2.24, 2.45) is 0 Å². The van der Waals surface area contributed by atoms with Crippen LogP contribution in [-0.4, -0.2) is 14.6 Å². The van der Waals surface area contributed by atoms with E-state index in [-0.39, 0.29) is 0 Å². The molecule has 1 aliphatic rings. The van der Waals surface area contributed by atoms with Crippen molar-refractivity contribution in [3.63, 3.8) is 0 Å². The molecule has 0 unspecified atom stereocenters. The Hall–Kier alpha value is -1.38. The number of aromatic nitrogens is 3. The second-order valence-corrected chi connectivity index (χ2v) is 4.79. The van der Waals surface area contributed by atoms with Crippen molar-refractivity contribution in [1.82, 2.24) is 14.6 Å². The first-order valence-corrected chi connectivity index (χ1v) is 6.72. The maximum absolute atomic E-state index is 4.46. The van der Waals surface area contributed by atoms with Gasteiger partial charge >= 0.3 is 0 Å². The highest BCUT2D eigenvalue weighted by molar-refractivity contribution is 5.56. The molecule has 0 fully saturated rings. The summed E-state index contributed by atoms with van der Waals surface area (Å²) in [5.74, 6) is 0. The van der Waals surface area contributed by atoms with Gasteiger partial charge in [-0.1, -0.05) is 13.8 Å². The standard InChI is InChI=1S/C14H19N3/c1-3-10-11-7-5-6-8-12(11)13(4-2)17-14(10)15-9-16-17/h9H,3-8H2,1-2H3. The summed E-state index contributed by atoms with van der Waals surface area (Å²) >= 11 is 0. The van der Waals surface area contributed by atoms with Crippen LogP contribution in [0.1, 0.15) is 49.1 Å². The van der Waals surface area contributed by atoms with E-state index in [1.807, 2.05) is 0 Å². The van der Waals surface area contributed by atoms with Crippen LogP contribution in [0.15, 0.2) is 6.33 Å². The molecule has 17 heavy (non-hydrogen) atoms. The summed E-state index contributed by atoms with van der Waals surface area (Å²) < 4.78 is 2.07. The average Bonchev–Trinajstić information content (AvgIpc) is 2.84. The summed E-state index contributed by atoms with van der Waals surface area (Å²) in [5, 5.41) is 4.41. The molecular formula is C14H19N3. The number of hydrogen-bond acceptors (Lipinski definition) is 2. The highest BCUT2D eigenvalue weighted by Gasteiger charge is 2.21. The van der Waals surface area contributed by atoms with Gasteiger partial charge in [0.1, 0.15) is 6.33 Å². The number of rotatable bonds is 2. The molecule has 2 aromatic rings. The van der Waals surface area contributed by atoms with Gasteiger partial charge < -0.3 is 0 Å². The first kappa shape index (κ1) is 10.8. The van der Waals surface area contributed by atoms with Crippen LogP contribution in [0, 0.1) is 0 Å². The van der Waals surface area contributed by atoms with E-state index in [1.165, 1.54) is 36.9 Å². The normalized spacial score (nSPS) is 15.2. The Morgan fingerprint density at radius 1 is 1.12 bits per heavy atom. The van der Waals surface area contributed by atoms with E-state index < -0.39 is 0 Å². The Balaban J connectivity index is 2.40. The van der Waals surface area contributed by atoms with Crippen LogP contribution in [0.2, 0.25) is 0 Å². The summed E-state index contributed by atoms with van der Waals surface area (Å²) in [6.07, 6.45) is 8.91. The Bertz CT molecular complexity index is 506. The van der Waals surface area contributed by atoms with Crippen molar-refractivity contribution in [3.05, 3.63) is 28.7 Å². The maximum Gasteiger partial charge on any atom is 0.159 e. The number of aryl methyl sites for hydroxylation is 2. The molecule has 0 aromatic carbocycles. The molecule has 0 N–H and O–H groups in total. The van der Waals surface area contributed by atoms with Crippen LogP contribution in [0.5, 0.6) is 0 Å². The average molecular weight is 229 g/mol. The second kappa shape index (κ2) is 4.13. The van der Waals surface area contributed by atoms with Gasteiger partial charge in [0.15, 0.2) is 5.65 Å². The lowest BCUT2D eigenvalue weighted by molar-refractivity contribution is 0.657. The van der Waals surface area contributed by atoms with E-state index in [4.69, 9.17) is 0 Å². The summed E-state index contributed by atoms with van der Waals surface area (Å²) in [4.78, 5) is 4.46. The molecule has 3 nitrogen and oxygen atoms in total. The van der Waals surface area contributed by atoms with Crippen LogP contribution in [0.25, 0.3) is 5.65 Å². The molecule has 90 valence electrons. The minimum Gasteiger partial charge on any atom is -0.217 e. The molecule has 3 heteroatoms. The largest absolute Gasteiger partial charge is 0.217 e. The van der Waals surface area contributed by atoms with Gasteiger partial charge in [-0.2, -0.15) is 5.10 Å². The van der Waals surface area contributed by atoms with Crippen molar-refractivity contribution in [2.75, 3.05) is 0 Å². The van der Waals surface area contributed by atoms with Gasteiger partial charge in [-0.3, -0.25) is 0 Å². The van der Waals surface area contributed by atoms with E-state index in [0.717, 1.165) is 18.5 Å². The molecule has 1 aliphatic carbocycles. The smallest absolute Gasteiger partial charge is 0.159 e. The van der Waals surface area contributed by atoms with Gasteiger partial charge in [0.2, 0.25) is 0 Å². The Kier molecular flexibility index (Phi) is 2.61. The summed E-state index contributed by atoms with van der Waals surface area (Å²) in [6.45, 7) is 4.45. The minimum absolute atomic E-state index is 1.05. The molecule has 3 rings (SSSR count). The highest BCUT2D eigenvalue weighted by Crippen LogP contribution is 2.30. The van der Waals surface area contributed by atoms with E-state index in [0.29, 0.717) is 0 Å². The van der Waals surface area contributed by atoms with Crippen LogP contribution in [0.3, 0.4) is 0 Å². The van der Waals surface area contributed by atoms with E-state index >= 15 is 0 Å². The van der Waals surface area contributed by atoms with Crippen molar-refractivity contribution >= 4 is 5.65 Å². The van der Waals surface area contributed by atoms with Crippen molar-refractivity contribution in [1.29, 1.82) is 0 Å². The third-order valence-electron chi connectivity index (χ3n) is 3.94. The van der Waals surface area contributed by atoms with Crippen LogP contribution >= 0.6 is 0 Å². The third-order valence-corrected chi connectivity index (χ3v) is 3.94. The summed E-state index contributed by atoms with van der Waals surface area (Å²) in [6, 6.07) is 0. The number of nitrogens with zero attached hydrogens (tertiary/aromatic N) is 3. The topological polar surface area (TPSA) is 30.2 Å². The van der Waals surface area contributed by atoms with Gasteiger partial charge in [-0.15, -0.1) is 0 Å². The molecule has 0 radical (unpaired) electrons. The molecule has 0 amide bonds. The Morgan fingerprint density at radius 3 is 2.59 bits per heavy atom. The lowest BCUT2D eigenvalue weighted by atomic mass is 9.86. The number of hydrogen-bond donors (Lipinski definition) is 0. The molecule has 2 heterocycles. The van der Waals surface area contributed by atoms with Crippen LogP contribution in [0.4, 0.5) is 0 Å². The fraction of sp³-hybridized carbons (Fsp3) is 0.571. The maximum atomic E-state index is 4.46. The van der Waals surface area contributed by atoms with Crippen LogP contribution in [-0.2, 0) is 25.7 Å². The zero-order chi connectivity index (χ0) is 11.8. The SMILES string of the molecule is CCc1c2c(c(CC)n3ncnc13)CCCC2. The third kappa shape index (κ3) is 1.48. The first-order valence-electron chi connectivity index (χ1n) is 6.72. The summed E-state index contributed by atoms with van der Waals surface area (Å²) in [5.41, 5.74) is 7.04. The van der Waals surface area contributed by atoms with Gasteiger partial charge in [0, 0.05) is 11.3 Å². The zero-order valence-electron chi connectivity index (χ0n) is 10.7. The van der Waals surface area contributed by atoms with Crippen LogP contribution < -0.4 is 0 Å². The first-order chi connectivity index (χ1) is 8.36. The summed E-state index contributed by atoms with van der Waals surface area (Å²) in [7, 11) is 0. The monoisotopic (exact) mass is 229 g/mol. The predicted octanol–water partition coefficient (Wildman–Crippen LogP) is 2.73. The fourth-order valence-electron chi connectivity index (χ4n) is 3.20. The molecule has 0 aliphatic heterocycles. The fourth-order valence-corrected chi connectivity index (χ4v) is 3.20. The van der Waals surface area contributed by atoms with E-state index in [9.17, 15) is 0 Å². The van der Waals surface area contributed by atoms with Crippen molar-refractivity contribution in [3.8, 4) is 0 Å². The molecular weight excluding hydrogens is 210 g/mol. The number of fused-ring (bicyclic) bond motifs is 2. The molecule has 0 atom stereocenters. The van der Waals surface area contributed by atoms with Crippen molar-refractivity contribution < 1.29 is 0 Å². The number of pyridine rings is 1. The molecule has 2 aromatic heterocycles. The lowest BCUT2D eigenvalue weighted by Crippen LogP contribution is -2.15.